The van der Waals surface area contributed by atoms with Crippen molar-refractivity contribution in [3.8, 4) is 0 Å². The van der Waals surface area contributed by atoms with Crippen LogP contribution in [0.25, 0.3) is 0 Å². The van der Waals surface area contributed by atoms with Crippen molar-refractivity contribution < 1.29 is 9.63 Å². The molecular formula is C9H12N2O2. The molecule has 3 N–H and O–H groups in total. The molecule has 0 radical (unpaired) electrons. The van der Waals surface area contributed by atoms with E-state index in [1.165, 1.54) is 0 Å². The monoisotopic (exact) mass is 180 g/mol. The van der Waals surface area contributed by atoms with Gasteiger partial charge in [0.1, 0.15) is 6.23 Å². The number of carbonyl (C=O) groups excluding carboxylic acids is 1. The summed E-state index contributed by atoms with van der Waals surface area (Å²) in [5.41, 5.74) is 8.06. The van der Waals surface area contributed by atoms with Gasteiger partial charge in [-0.05, 0) is 19.1 Å². The Bertz CT molecular complexity index is 272. The maximum absolute atomic E-state index is 11.3. The van der Waals surface area contributed by atoms with E-state index >= 15 is 0 Å². The molecule has 0 fully saturated rings. The van der Waals surface area contributed by atoms with Crippen LogP contribution in [0.2, 0.25) is 0 Å². The van der Waals surface area contributed by atoms with Crippen molar-refractivity contribution >= 4 is 5.91 Å². The highest BCUT2D eigenvalue weighted by molar-refractivity contribution is 5.93. The molecule has 70 valence electrons. The van der Waals surface area contributed by atoms with Crippen LogP contribution < -0.4 is 11.2 Å². The first-order valence-corrected chi connectivity index (χ1v) is 3.97. The largest absolute Gasteiger partial charge is 0.304 e. The molecule has 1 rings (SSSR count). The number of hydrogen-bond donors (Lipinski definition) is 2. The molecule has 1 aromatic rings. The molecule has 4 heteroatoms. The average Bonchev–Trinajstić information content (AvgIpc) is 2.15. The fraction of sp³-hybridized carbons (Fsp3) is 0.222. The Hall–Kier alpha value is -1.39. The number of rotatable bonds is 3. The first-order valence-electron chi connectivity index (χ1n) is 3.97. The van der Waals surface area contributed by atoms with E-state index in [0.29, 0.717) is 5.56 Å². The fourth-order valence-electron chi connectivity index (χ4n) is 0.795. The van der Waals surface area contributed by atoms with Gasteiger partial charge in [-0.15, -0.1) is 0 Å². The van der Waals surface area contributed by atoms with Gasteiger partial charge in [0.25, 0.3) is 5.91 Å². The van der Waals surface area contributed by atoms with Gasteiger partial charge in [-0.1, -0.05) is 18.2 Å². The third-order valence-corrected chi connectivity index (χ3v) is 1.37. The first kappa shape index (κ1) is 9.70. The highest BCUT2D eigenvalue weighted by atomic mass is 16.7. The fourth-order valence-corrected chi connectivity index (χ4v) is 0.795. The second-order valence-electron chi connectivity index (χ2n) is 2.62. The zero-order valence-corrected chi connectivity index (χ0v) is 7.36. The van der Waals surface area contributed by atoms with E-state index < -0.39 is 6.23 Å². The number of nitrogens with one attached hydrogen (secondary N) is 1. The summed E-state index contributed by atoms with van der Waals surface area (Å²) in [6, 6.07) is 8.78. The maximum Gasteiger partial charge on any atom is 0.274 e. The first-order chi connectivity index (χ1) is 6.20. The van der Waals surface area contributed by atoms with Gasteiger partial charge in [-0.25, -0.2) is 5.48 Å². The molecule has 0 aliphatic rings. The summed E-state index contributed by atoms with van der Waals surface area (Å²) >= 11 is 0. The lowest BCUT2D eigenvalue weighted by molar-refractivity contribution is -0.00489. The highest BCUT2D eigenvalue weighted by Crippen LogP contribution is 1.97. The van der Waals surface area contributed by atoms with E-state index in [9.17, 15) is 4.79 Å². The molecule has 13 heavy (non-hydrogen) atoms. The van der Waals surface area contributed by atoms with E-state index in [-0.39, 0.29) is 5.91 Å². The summed E-state index contributed by atoms with van der Waals surface area (Å²) in [4.78, 5) is 16.0. The Morgan fingerprint density at radius 1 is 1.46 bits per heavy atom. The predicted molar refractivity (Wildman–Crippen MR) is 48.6 cm³/mol. The Balaban J connectivity index is 2.50. The minimum atomic E-state index is -0.507. The van der Waals surface area contributed by atoms with Crippen molar-refractivity contribution in [2.45, 2.75) is 13.2 Å². The smallest absolute Gasteiger partial charge is 0.274 e. The topological polar surface area (TPSA) is 64.3 Å². The number of carbonyl (C=O) groups is 1. The van der Waals surface area contributed by atoms with Crippen molar-refractivity contribution in [3.63, 3.8) is 0 Å². The van der Waals surface area contributed by atoms with Gasteiger partial charge >= 0.3 is 0 Å². The van der Waals surface area contributed by atoms with Gasteiger partial charge in [0.15, 0.2) is 0 Å². The summed E-state index contributed by atoms with van der Waals surface area (Å²) < 4.78 is 0. The summed E-state index contributed by atoms with van der Waals surface area (Å²) in [5.74, 6) is -0.294. The van der Waals surface area contributed by atoms with Gasteiger partial charge in [0.05, 0.1) is 0 Å². The lowest BCUT2D eigenvalue weighted by Crippen LogP contribution is -2.32. The third-order valence-electron chi connectivity index (χ3n) is 1.37. The van der Waals surface area contributed by atoms with E-state index in [1.807, 2.05) is 6.07 Å². The highest BCUT2D eigenvalue weighted by Gasteiger charge is 2.04. The normalized spacial score (nSPS) is 12.2. The molecule has 1 amide bonds. The van der Waals surface area contributed by atoms with Crippen LogP contribution in [0.3, 0.4) is 0 Å². The molecular weight excluding hydrogens is 168 g/mol. The van der Waals surface area contributed by atoms with Gasteiger partial charge < -0.3 is 5.73 Å². The maximum atomic E-state index is 11.3. The van der Waals surface area contributed by atoms with Gasteiger partial charge in [0.2, 0.25) is 0 Å². The molecule has 0 saturated carbocycles. The van der Waals surface area contributed by atoms with E-state index in [0.717, 1.165) is 0 Å². The molecule has 1 unspecified atom stereocenters. The van der Waals surface area contributed by atoms with Gasteiger partial charge in [0, 0.05) is 5.56 Å². The number of benzene rings is 1. The number of nitrogens with two attached hydrogens (primary N) is 1. The van der Waals surface area contributed by atoms with Crippen LogP contribution in [0.5, 0.6) is 0 Å². The molecule has 1 atom stereocenters. The molecule has 0 aliphatic heterocycles. The molecule has 0 bridgehead atoms. The average molecular weight is 180 g/mol. The molecule has 0 aliphatic carbocycles. The standard InChI is InChI=1S/C9H12N2O2/c1-7(10)13-11-9(12)8-5-3-2-4-6-8/h2-7H,10H2,1H3,(H,11,12). The van der Waals surface area contributed by atoms with E-state index in [1.54, 1.807) is 31.2 Å². The predicted octanol–water partition coefficient (Wildman–Crippen LogP) is 0.653. The summed E-state index contributed by atoms with van der Waals surface area (Å²) in [6.45, 7) is 1.63. The zero-order chi connectivity index (χ0) is 9.68. The second-order valence-corrected chi connectivity index (χ2v) is 2.62. The van der Waals surface area contributed by atoms with Crippen LogP contribution in [0.1, 0.15) is 17.3 Å². The molecule has 0 aromatic heterocycles. The van der Waals surface area contributed by atoms with Crippen LogP contribution >= 0.6 is 0 Å². The molecule has 0 heterocycles. The minimum absolute atomic E-state index is 0.294. The van der Waals surface area contributed by atoms with Crippen molar-refractivity contribution in [3.05, 3.63) is 35.9 Å². The van der Waals surface area contributed by atoms with Crippen molar-refractivity contribution in [1.82, 2.24) is 5.48 Å². The lowest BCUT2D eigenvalue weighted by atomic mass is 10.2. The van der Waals surface area contributed by atoms with Crippen LogP contribution in [-0.2, 0) is 4.84 Å². The van der Waals surface area contributed by atoms with E-state index in [2.05, 4.69) is 5.48 Å². The molecule has 0 spiro atoms. The second kappa shape index (κ2) is 4.59. The van der Waals surface area contributed by atoms with Gasteiger partial charge in [-0.2, -0.15) is 0 Å². The summed E-state index contributed by atoms with van der Waals surface area (Å²) in [5, 5.41) is 0. The summed E-state index contributed by atoms with van der Waals surface area (Å²) in [7, 11) is 0. The number of amides is 1. The van der Waals surface area contributed by atoms with Gasteiger partial charge in [-0.3, -0.25) is 9.63 Å². The van der Waals surface area contributed by atoms with Crippen LogP contribution in [0, 0.1) is 0 Å². The quantitative estimate of drug-likeness (QED) is 0.530. The molecule has 4 nitrogen and oxygen atoms in total. The van der Waals surface area contributed by atoms with Crippen molar-refractivity contribution in [1.29, 1.82) is 0 Å². The lowest BCUT2D eigenvalue weighted by Gasteiger charge is -2.07. The third kappa shape index (κ3) is 3.23. The SMILES string of the molecule is CC(N)ONC(=O)c1ccccc1. The Kier molecular flexibility index (Phi) is 3.42. The Morgan fingerprint density at radius 3 is 2.62 bits per heavy atom. The van der Waals surface area contributed by atoms with Crippen molar-refractivity contribution in [2.24, 2.45) is 5.73 Å². The molecule has 0 saturated heterocycles. The molecule has 1 aromatic carbocycles. The Morgan fingerprint density at radius 2 is 2.08 bits per heavy atom. The van der Waals surface area contributed by atoms with Crippen molar-refractivity contribution in [2.75, 3.05) is 0 Å². The van der Waals surface area contributed by atoms with Crippen LogP contribution in [0.15, 0.2) is 30.3 Å². The zero-order valence-electron chi connectivity index (χ0n) is 7.36. The number of hydrogen-bond acceptors (Lipinski definition) is 3. The summed E-state index contributed by atoms with van der Waals surface area (Å²) in [6.07, 6.45) is -0.507. The minimum Gasteiger partial charge on any atom is -0.304 e. The van der Waals surface area contributed by atoms with Crippen LogP contribution in [-0.4, -0.2) is 12.1 Å². The van der Waals surface area contributed by atoms with E-state index in [4.69, 9.17) is 10.6 Å². The number of hydroxylamine groups is 1. The Labute approximate surface area is 76.6 Å². The van der Waals surface area contributed by atoms with Crippen LogP contribution in [0.4, 0.5) is 0 Å².